The van der Waals surface area contributed by atoms with Gasteiger partial charge in [0, 0.05) is 39.8 Å². The third kappa shape index (κ3) is 4.93. The van der Waals surface area contributed by atoms with Crippen molar-refractivity contribution in [1.29, 1.82) is 0 Å². The van der Waals surface area contributed by atoms with E-state index in [1.807, 2.05) is 25.1 Å². The summed E-state index contributed by atoms with van der Waals surface area (Å²) in [5.41, 5.74) is 3.60. The van der Waals surface area contributed by atoms with Gasteiger partial charge < -0.3 is 19.4 Å². The summed E-state index contributed by atoms with van der Waals surface area (Å²) in [5, 5.41) is 3.61. The highest BCUT2D eigenvalue weighted by molar-refractivity contribution is 7.99. The second-order valence-corrected chi connectivity index (χ2v) is 9.20. The average molecular weight is 453 g/mol. The second-order valence-electron chi connectivity index (χ2n) is 8.03. The number of aryl methyl sites for hydroxylation is 1. The molecular formula is C25H28N2O4S. The Morgan fingerprint density at radius 1 is 1.12 bits per heavy atom. The number of methoxy groups -OCH3 is 1. The van der Waals surface area contributed by atoms with Gasteiger partial charge in [-0.1, -0.05) is 17.7 Å². The van der Waals surface area contributed by atoms with E-state index in [4.69, 9.17) is 9.47 Å². The minimum atomic E-state index is -0.482. The van der Waals surface area contributed by atoms with E-state index < -0.39 is 5.97 Å². The number of nitrogens with one attached hydrogen (secondary N) is 1. The lowest BCUT2D eigenvalue weighted by atomic mass is 10.1. The zero-order valence-corrected chi connectivity index (χ0v) is 19.5. The molecule has 168 valence electrons. The lowest BCUT2D eigenvalue weighted by molar-refractivity contribution is -0.124. The Labute approximate surface area is 192 Å². The maximum Gasteiger partial charge on any atom is 0.341 e. The van der Waals surface area contributed by atoms with Crippen LogP contribution in [0.25, 0.3) is 10.9 Å². The first kappa shape index (κ1) is 22.3. The Bertz CT molecular complexity index is 1130. The molecule has 1 aliphatic rings. The van der Waals surface area contributed by atoms with Crippen LogP contribution in [0.15, 0.2) is 47.4 Å². The van der Waals surface area contributed by atoms with E-state index in [-0.39, 0.29) is 12.5 Å². The average Bonchev–Trinajstić information content (AvgIpc) is 3.58. The Hall–Kier alpha value is -2.93. The number of hydrogen-bond donors (Lipinski definition) is 1. The molecule has 1 amide bonds. The first-order valence-corrected chi connectivity index (χ1v) is 11.8. The summed E-state index contributed by atoms with van der Waals surface area (Å²) >= 11 is 1.67. The van der Waals surface area contributed by atoms with E-state index in [1.54, 1.807) is 18.9 Å². The molecule has 1 saturated carbocycles. The summed E-state index contributed by atoms with van der Waals surface area (Å²) < 4.78 is 12.9. The van der Waals surface area contributed by atoms with E-state index in [0.29, 0.717) is 23.9 Å². The van der Waals surface area contributed by atoms with Crippen LogP contribution >= 0.6 is 11.8 Å². The molecule has 1 fully saturated rings. The van der Waals surface area contributed by atoms with Crippen molar-refractivity contribution in [1.82, 2.24) is 9.88 Å². The van der Waals surface area contributed by atoms with Crippen molar-refractivity contribution in [3.8, 4) is 5.75 Å². The van der Waals surface area contributed by atoms with E-state index >= 15 is 0 Å². The number of rotatable bonds is 9. The molecule has 6 nitrogen and oxygen atoms in total. The van der Waals surface area contributed by atoms with Gasteiger partial charge in [-0.3, -0.25) is 4.79 Å². The summed E-state index contributed by atoms with van der Waals surface area (Å²) in [5.74, 6) is 0.646. The summed E-state index contributed by atoms with van der Waals surface area (Å²) in [7, 11) is 1.60. The van der Waals surface area contributed by atoms with Crippen LogP contribution in [0.5, 0.6) is 5.75 Å². The molecule has 0 aliphatic heterocycles. The van der Waals surface area contributed by atoms with Crippen molar-refractivity contribution in [2.24, 2.45) is 0 Å². The first-order valence-electron chi connectivity index (χ1n) is 10.8. The lowest BCUT2D eigenvalue weighted by Crippen LogP contribution is -2.30. The van der Waals surface area contributed by atoms with Gasteiger partial charge in [0.15, 0.2) is 6.61 Å². The van der Waals surface area contributed by atoms with Gasteiger partial charge in [-0.2, -0.15) is 0 Å². The molecule has 7 heteroatoms. The molecule has 2 aromatic carbocycles. The number of ether oxygens (including phenoxy) is 2. The third-order valence-electron chi connectivity index (χ3n) is 5.62. The number of carbonyl (C=O) groups excluding carboxylic acids is 2. The van der Waals surface area contributed by atoms with E-state index in [9.17, 15) is 9.59 Å². The molecule has 1 N–H and O–H groups in total. The van der Waals surface area contributed by atoms with Gasteiger partial charge in [0.05, 0.1) is 12.7 Å². The molecule has 0 unspecified atom stereocenters. The van der Waals surface area contributed by atoms with Crippen molar-refractivity contribution in [3.63, 3.8) is 0 Å². The molecule has 0 atom stereocenters. The van der Waals surface area contributed by atoms with Crippen molar-refractivity contribution < 1.29 is 19.1 Å². The van der Waals surface area contributed by atoms with Crippen LogP contribution in [0, 0.1) is 13.8 Å². The molecule has 32 heavy (non-hydrogen) atoms. The topological polar surface area (TPSA) is 69.6 Å². The van der Waals surface area contributed by atoms with E-state index in [2.05, 4.69) is 41.1 Å². The lowest BCUT2D eigenvalue weighted by Gasteiger charge is -2.08. The number of benzene rings is 2. The van der Waals surface area contributed by atoms with E-state index in [1.165, 1.54) is 5.56 Å². The summed E-state index contributed by atoms with van der Waals surface area (Å²) in [6, 6.07) is 14.4. The number of carbonyl (C=O) groups is 2. The minimum Gasteiger partial charge on any atom is -0.497 e. The fourth-order valence-corrected chi connectivity index (χ4v) is 4.63. The van der Waals surface area contributed by atoms with Gasteiger partial charge >= 0.3 is 5.97 Å². The zero-order valence-electron chi connectivity index (χ0n) is 18.6. The highest BCUT2D eigenvalue weighted by Crippen LogP contribution is 2.42. The number of aromatic nitrogens is 1. The molecule has 3 aromatic rings. The summed E-state index contributed by atoms with van der Waals surface area (Å²) in [4.78, 5) is 26.3. The van der Waals surface area contributed by atoms with Gasteiger partial charge in [-0.15, -0.1) is 11.8 Å². The number of hydrogen-bond acceptors (Lipinski definition) is 5. The van der Waals surface area contributed by atoms with Crippen molar-refractivity contribution in [3.05, 3.63) is 59.3 Å². The SMILES string of the molecule is COc1ccc2c(c1)c(C(=O)OCC(=O)NCCSc1ccc(C)cc1)c(C)n2C1CC1. The number of amides is 1. The molecule has 1 heterocycles. The highest BCUT2D eigenvalue weighted by Gasteiger charge is 2.31. The normalized spacial score (nSPS) is 13.2. The number of nitrogens with zero attached hydrogens (tertiary/aromatic N) is 1. The predicted octanol–water partition coefficient (Wildman–Crippen LogP) is 4.67. The summed E-state index contributed by atoms with van der Waals surface area (Å²) in [6.45, 7) is 4.20. The maximum absolute atomic E-state index is 12.9. The molecule has 0 bridgehead atoms. The smallest absolute Gasteiger partial charge is 0.341 e. The molecule has 4 rings (SSSR count). The number of esters is 1. The number of thioether (sulfide) groups is 1. The van der Waals surface area contributed by atoms with Crippen LogP contribution in [0.3, 0.4) is 0 Å². The van der Waals surface area contributed by atoms with Crippen LogP contribution in [0.2, 0.25) is 0 Å². The number of fused-ring (bicyclic) bond motifs is 1. The standard InChI is InChI=1S/C25H28N2O4S/c1-16-4-9-20(10-5-16)32-13-12-26-23(28)15-31-25(29)24-17(2)27(18-6-7-18)22-11-8-19(30-3)14-21(22)24/h4-5,8-11,14,18H,6-7,12-13,15H2,1-3H3,(H,26,28). The van der Waals surface area contributed by atoms with Crippen LogP contribution < -0.4 is 10.1 Å². The molecule has 0 spiro atoms. The van der Waals surface area contributed by atoms with Gasteiger partial charge in [0.2, 0.25) is 0 Å². The Kier molecular flexibility index (Phi) is 6.74. The second kappa shape index (κ2) is 9.69. The minimum absolute atomic E-state index is 0.298. The van der Waals surface area contributed by atoms with Crippen LogP contribution in [-0.4, -0.2) is 42.5 Å². The van der Waals surface area contributed by atoms with E-state index in [0.717, 1.165) is 40.1 Å². The van der Waals surface area contributed by atoms with Crippen molar-refractivity contribution in [2.45, 2.75) is 37.6 Å². The maximum atomic E-state index is 12.9. The predicted molar refractivity (Wildman–Crippen MR) is 127 cm³/mol. The van der Waals surface area contributed by atoms with Crippen molar-refractivity contribution in [2.75, 3.05) is 26.0 Å². The summed E-state index contributed by atoms with van der Waals surface area (Å²) in [6.07, 6.45) is 2.21. The largest absolute Gasteiger partial charge is 0.497 e. The molecule has 0 radical (unpaired) electrons. The third-order valence-corrected chi connectivity index (χ3v) is 6.63. The van der Waals surface area contributed by atoms with Gasteiger partial charge in [0.25, 0.3) is 5.91 Å². The Morgan fingerprint density at radius 3 is 2.56 bits per heavy atom. The fourth-order valence-electron chi connectivity index (χ4n) is 3.86. The zero-order chi connectivity index (χ0) is 22.7. The quantitative estimate of drug-likeness (QED) is 0.290. The molecule has 0 saturated heterocycles. The van der Waals surface area contributed by atoms with Gasteiger partial charge in [-0.25, -0.2) is 4.79 Å². The van der Waals surface area contributed by atoms with Crippen LogP contribution in [0.4, 0.5) is 0 Å². The van der Waals surface area contributed by atoms with Gasteiger partial charge in [0.1, 0.15) is 5.75 Å². The Morgan fingerprint density at radius 2 is 1.88 bits per heavy atom. The highest BCUT2D eigenvalue weighted by atomic mass is 32.2. The van der Waals surface area contributed by atoms with Crippen LogP contribution in [-0.2, 0) is 9.53 Å². The van der Waals surface area contributed by atoms with Gasteiger partial charge in [-0.05, 0) is 57.0 Å². The van der Waals surface area contributed by atoms with Crippen molar-refractivity contribution >= 4 is 34.5 Å². The molecule has 1 aromatic heterocycles. The fraction of sp³-hybridized carbons (Fsp3) is 0.360. The van der Waals surface area contributed by atoms with Crippen LogP contribution in [0.1, 0.15) is 40.5 Å². The Balaban J connectivity index is 1.35. The first-order chi connectivity index (χ1) is 15.5. The molecular weight excluding hydrogens is 424 g/mol. The molecule has 1 aliphatic carbocycles. The monoisotopic (exact) mass is 452 g/mol.